The van der Waals surface area contributed by atoms with Crippen molar-refractivity contribution in [3.63, 3.8) is 0 Å². The van der Waals surface area contributed by atoms with Gasteiger partial charge in [0, 0.05) is 5.39 Å². The van der Waals surface area contributed by atoms with Gasteiger partial charge in [-0.1, -0.05) is 59.8 Å². The second kappa shape index (κ2) is 6.57. The molecule has 0 aliphatic carbocycles. The van der Waals surface area contributed by atoms with Crippen molar-refractivity contribution in [1.82, 2.24) is 15.0 Å². The van der Waals surface area contributed by atoms with Gasteiger partial charge in [0.1, 0.15) is 12.3 Å². The molecule has 5 nitrogen and oxygen atoms in total. The number of benzene rings is 3. The zero-order chi connectivity index (χ0) is 17.1. The topological polar surface area (TPSA) is 57.0 Å². The molecule has 4 aromatic rings. The van der Waals surface area contributed by atoms with Gasteiger partial charge in [-0.15, -0.1) is 5.10 Å². The lowest BCUT2D eigenvalue weighted by Gasteiger charge is -2.05. The molecule has 4 rings (SSSR count). The van der Waals surface area contributed by atoms with Crippen LogP contribution in [0.15, 0.2) is 79.0 Å². The summed E-state index contributed by atoms with van der Waals surface area (Å²) in [7, 11) is 0. The van der Waals surface area contributed by atoms with Gasteiger partial charge >= 0.3 is 5.97 Å². The fourth-order valence-electron chi connectivity index (χ4n) is 2.69. The minimum absolute atomic E-state index is 0.0818. The Labute approximate surface area is 144 Å². The summed E-state index contributed by atoms with van der Waals surface area (Å²) in [6, 6.07) is 23.0. The molecule has 5 heteroatoms. The second-order valence-corrected chi connectivity index (χ2v) is 5.59. The molecule has 0 unspecified atom stereocenters. The molecule has 0 amide bonds. The minimum Gasteiger partial charge on any atom is -0.455 e. The number of hydrogen-bond acceptors (Lipinski definition) is 4. The van der Waals surface area contributed by atoms with Gasteiger partial charge in [0.15, 0.2) is 0 Å². The summed E-state index contributed by atoms with van der Waals surface area (Å²) in [5.74, 6) is -0.375. The van der Waals surface area contributed by atoms with Crippen LogP contribution in [0.2, 0.25) is 0 Å². The molecule has 0 saturated carbocycles. The van der Waals surface area contributed by atoms with Gasteiger partial charge < -0.3 is 4.74 Å². The molecule has 25 heavy (non-hydrogen) atoms. The summed E-state index contributed by atoms with van der Waals surface area (Å²) in [4.78, 5) is 12.0. The maximum Gasteiger partial charge on any atom is 0.338 e. The van der Waals surface area contributed by atoms with Gasteiger partial charge in [0.2, 0.25) is 0 Å². The van der Waals surface area contributed by atoms with Crippen molar-refractivity contribution in [2.45, 2.75) is 6.61 Å². The predicted octanol–water partition coefficient (Wildman–Crippen LogP) is 3.78. The van der Waals surface area contributed by atoms with Crippen molar-refractivity contribution in [3.05, 3.63) is 90.3 Å². The highest BCUT2D eigenvalue weighted by molar-refractivity contribution is 5.90. The Kier molecular flexibility index (Phi) is 3.96. The lowest BCUT2D eigenvalue weighted by atomic mass is 10.1. The maximum absolute atomic E-state index is 12.0. The number of fused-ring (bicyclic) bond motifs is 1. The van der Waals surface area contributed by atoms with Crippen LogP contribution < -0.4 is 0 Å². The summed E-state index contributed by atoms with van der Waals surface area (Å²) in [5.41, 5.74) is 2.05. The van der Waals surface area contributed by atoms with Gasteiger partial charge in [0.05, 0.1) is 17.4 Å². The van der Waals surface area contributed by atoms with Crippen molar-refractivity contribution < 1.29 is 9.53 Å². The first-order valence-electron chi connectivity index (χ1n) is 7.93. The molecule has 122 valence electrons. The Hall–Kier alpha value is -3.47. The summed E-state index contributed by atoms with van der Waals surface area (Å²) >= 11 is 0. The van der Waals surface area contributed by atoms with Crippen LogP contribution in [0.1, 0.15) is 16.1 Å². The van der Waals surface area contributed by atoms with Gasteiger partial charge in [-0.05, 0) is 23.6 Å². The molecule has 0 radical (unpaired) electrons. The highest BCUT2D eigenvalue weighted by atomic mass is 16.5. The molecule has 0 aliphatic rings. The molecule has 0 fully saturated rings. The third kappa shape index (κ3) is 3.12. The molecule has 3 aromatic carbocycles. The largest absolute Gasteiger partial charge is 0.455 e. The maximum atomic E-state index is 12.0. The Balaban J connectivity index is 1.53. The summed E-state index contributed by atoms with van der Waals surface area (Å²) < 4.78 is 7.00. The third-order valence-electron chi connectivity index (χ3n) is 3.91. The van der Waals surface area contributed by atoms with E-state index in [1.165, 1.54) is 0 Å². The van der Waals surface area contributed by atoms with E-state index in [0.717, 1.165) is 16.5 Å². The van der Waals surface area contributed by atoms with E-state index in [-0.39, 0.29) is 12.6 Å². The highest BCUT2D eigenvalue weighted by Crippen LogP contribution is 2.21. The van der Waals surface area contributed by atoms with Crippen LogP contribution >= 0.6 is 0 Å². The molecule has 0 atom stereocenters. The lowest BCUT2D eigenvalue weighted by Crippen LogP contribution is -2.05. The Morgan fingerprint density at radius 3 is 2.56 bits per heavy atom. The van der Waals surface area contributed by atoms with Crippen molar-refractivity contribution >= 4 is 16.7 Å². The van der Waals surface area contributed by atoms with Crippen LogP contribution in [0.25, 0.3) is 16.5 Å². The number of ether oxygens (including phenoxy) is 1. The van der Waals surface area contributed by atoms with E-state index in [1.54, 1.807) is 35.1 Å². The number of esters is 1. The van der Waals surface area contributed by atoms with Crippen molar-refractivity contribution in [3.8, 4) is 5.69 Å². The molecule has 0 aliphatic heterocycles. The molecule has 1 aromatic heterocycles. The first kappa shape index (κ1) is 15.1. The number of nitrogens with zero attached hydrogens (tertiary/aromatic N) is 3. The van der Waals surface area contributed by atoms with E-state index in [4.69, 9.17) is 4.74 Å². The first-order chi connectivity index (χ1) is 12.3. The molecule has 0 spiro atoms. The summed E-state index contributed by atoms with van der Waals surface area (Å²) in [6.07, 6.45) is 1.78. The van der Waals surface area contributed by atoms with Gasteiger partial charge in [-0.3, -0.25) is 0 Å². The SMILES string of the molecule is O=C(OCc1cn(-c2cccc3ccccc23)nn1)c1ccccc1. The van der Waals surface area contributed by atoms with Crippen LogP contribution in [-0.4, -0.2) is 21.0 Å². The van der Waals surface area contributed by atoms with Crippen LogP contribution in [0.4, 0.5) is 0 Å². The first-order valence-corrected chi connectivity index (χ1v) is 7.93. The van der Waals surface area contributed by atoms with Crippen molar-refractivity contribution in [1.29, 1.82) is 0 Å². The van der Waals surface area contributed by atoms with Crippen LogP contribution in [0, 0.1) is 0 Å². The van der Waals surface area contributed by atoms with Gasteiger partial charge in [-0.2, -0.15) is 0 Å². The average Bonchev–Trinajstić information content (AvgIpc) is 3.15. The Bertz CT molecular complexity index is 1020. The molecule has 1 heterocycles. The fourth-order valence-corrected chi connectivity index (χ4v) is 2.69. The van der Waals surface area contributed by atoms with Crippen molar-refractivity contribution in [2.75, 3.05) is 0 Å². The summed E-state index contributed by atoms with van der Waals surface area (Å²) in [6.45, 7) is 0.0818. The van der Waals surface area contributed by atoms with E-state index in [1.807, 2.05) is 36.4 Å². The second-order valence-electron chi connectivity index (χ2n) is 5.59. The zero-order valence-corrected chi connectivity index (χ0v) is 13.4. The normalized spacial score (nSPS) is 10.7. The fraction of sp³-hybridized carbons (Fsp3) is 0.0500. The van der Waals surface area contributed by atoms with Crippen LogP contribution in [-0.2, 0) is 11.3 Å². The summed E-state index contributed by atoms with van der Waals surface area (Å²) in [5, 5.41) is 10.5. The zero-order valence-electron chi connectivity index (χ0n) is 13.4. The predicted molar refractivity (Wildman–Crippen MR) is 94.4 cm³/mol. The highest BCUT2D eigenvalue weighted by Gasteiger charge is 2.10. The number of hydrogen-bond donors (Lipinski definition) is 0. The number of rotatable bonds is 4. The van der Waals surface area contributed by atoms with E-state index >= 15 is 0 Å². The average molecular weight is 329 g/mol. The van der Waals surface area contributed by atoms with Crippen molar-refractivity contribution in [2.24, 2.45) is 0 Å². The van der Waals surface area contributed by atoms with E-state index in [0.29, 0.717) is 11.3 Å². The third-order valence-corrected chi connectivity index (χ3v) is 3.91. The smallest absolute Gasteiger partial charge is 0.338 e. The van der Waals surface area contributed by atoms with Crippen LogP contribution in [0.3, 0.4) is 0 Å². The van der Waals surface area contributed by atoms with Gasteiger partial charge in [0.25, 0.3) is 0 Å². The molecule has 0 bridgehead atoms. The quantitative estimate of drug-likeness (QED) is 0.535. The van der Waals surface area contributed by atoms with Gasteiger partial charge in [-0.25, -0.2) is 9.48 Å². The number of aromatic nitrogens is 3. The number of carbonyl (C=O) groups is 1. The Morgan fingerprint density at radius 1 is 0.920 bits per heavy atom. The Morgan fingerprint density at radius 2 is 1.68 bits per heavy atom. The monoisotopic (exact) mass is 329 g/mol. The minimum atomic E-state index is -0.375. The standard InChI is InChI=1S/C20H15N3O2/c24-20(16-8-2-1-3-9-16)25-14-17-13-23(22-21-17)19-12-6-10-15-7-4-5-11-18(15)19/h1-13H,14H2. The molecular weight excluding hydrogens is 314 g/mol. The van der Waals surface area contributed by atoms with Crippen LogP contribution in [0.5, 0.6) is 0 Å². The molecular formula is C20H15N3O2. The van der Waals surface area contributed by atoms with E-state index < -0.39 is 0 Å². The molecule has 0 saturated heterocycles. The van der Waals surface area contributed by atoms with E-state index in [9.17, 15) is 4.79 Å². The lowest BCUT2D eigenvalue weighted by molar-refractivity contribution is 0.0467. The van der Waals surface area contributed by atoms with E-state index in [2.05, 4.69) is 22.4 Å². The number of carbonyl (C=O) groups excluding carboxylic acids is 1. The molecule has 0 N–H and O–H groups in total.